The van der Waals surface area contributed by atoms with Crippen molar-refractivity contribution in [3.05, 3.63) is 36.3 Å². The van der Waals surface area contributed by atoms with Gasteiger partial charge in [0.05, 0.1) is 11.9 Å². The molecule has 2 aromatic rings. The highest BCUT2D eigenvalue weighted by Gasteiger charge is 2.58. The number of hydrogen-bond acceptors (Lipinski definition) is 4. The standard InChI is InChI=1S/C14H14N4O3/c19-8-1-2-12(15-5-8)18-4-3-11(16-18)13-9-6-17(14(20)21)7-10(9)13/h1-5,9-10,13,19H,6-7H2,(H,20,21)/t9-,10+,13?. The zero-order chi connectivity index (χ0) is 14.6. The molecule has 2 aliphatic rings. The van der Waals surface area contributed by atoms with Gasteiger partial charge in [0.1, 0.15) is 5.75 Å². The Morgan fingerprint density at radius 1 is 1.24 bits per heavy atom. The van der Waals surface area contributed by atoms with Crippen molar-refractivity contribution >= 4 is 6.09 Å². The number of pyridine rings is 1. The molecular formula is C14H14N4O3. The van der Waals surface area contributed by atoms with Crippen LogP contribution in [0.1, 0.15) is 11.6 Å². The lowest BCUT2D eigenvalue weighted by molar-refractivity contribution is 0.150. The molecule has 1 amide bonds. The van der Waals surface area contributed by atoms with Crippen LogP contribution in [0.4, 0.5) is 4.79 Å². The Morgan fingerprint density at radius 2 is 2.00 bits per heavy atom. The van der Waals surface area contributed by atoms with Crippen molar-refractivity contribution in [2.45, 2.75) is 5.92 Å². The van der Waals surface area contributed by atoms with E-state index in [1.807, 2.05) is 12.3 Å². The van der Waals surface area contributed by atoms with Crippen LogP contribution in [0.2, 0.25) is 0 Å². The van der Waals surface area contributed by atoms with E-state index >= 15 is 0 Å². The number of hydrogen-bond donors (Lipinski definition) is 2. The van der Waals surface area contributed by atoms with Crippen LogP contribution in [0.5, 0.6) is 5.75 Å². The van der Waals surface area contributed by atoms with Crippen LogP contribution in [-0.2, 0) is 0 Å². The summed E-state index contributed by atoms with van der Waals surface area (Å²) in [4.78, 5) is 16.5. The van der Waals surface area contributed by atoms with Gasteiger partial charge in [0.2, 0.25) is 0 Å². The second-order valence-electron chi connectivity index (χ2n) is 5.60. The van der Waals surface area contributed by atoms with Crippen LogP contribution < -0.4 is 0 Å². The fourth-order valence-electron chi connectivity index (χ4n) is 3.28. The quantitative estimate of drug-likeness (QED) is 0.868. The third kappa shape index (κ3) is 1.93. The van der Waals surface area contributed by atoms with Crippen molar-refractivity contribution in [3.8, 4) is 11.6 Å². The second-order valence-corrected chi connectivity index (χ2v) is 5.60. The van der Waals surface area contributed by atoms with Crippen molar-refractivity contribution in [2.24, 2.45) is 11.8 Å². The fraction of sp³-hybridized carbons (Fsp3) is 0.357. The van der Waals surface area contributed by atoms with Gasteiger partial charge >= 0.3 is 6.09 Å². The maximum absolute atomic E-state index is 10.9. The number of aromatic nitrogens is 3. The van der Waals surface area contributed by atoms with Crippen molar-refractivity contribution in [1.29, 1.82) is 0 Å². The molecule has 21 heavy (non-hydrogen) atoms. The summed E-state index contributed by atoms with van der Waals surface area (Å²) in [5.74, 6) is 1.93. The summed E-state index contributed by atoms with van der Waals surface area (Å²) in [6.07, 6.45) is 2.39. The minimum Gasteiger partial charge on any atom is -0.506 e. The topological polar surface area (TPSA) is 91.5 Å². The zero-order valence-electron chi connectivity index (χ0n) is 11.1. The van der Waals surface area contributed by atoms with E-state index in [1.54, 1.807) is 16.8 Å². The summed E-state index contributed by atoms with van der Waals surface area (Å²) >= 11 is 0. The molecule has 108 valence electrons. The minimum absolute atomic E-state index is 0.122. The lowest BCUT2D eigenvalue weighted by Gasteiger charge is -2.14. The first-order chi connectivity index (χ1) is 10.1. The monoisotopic (exact) mass is 286 g/mol. The molecule has 2 fully saturated rings. The largest absolute Gasteiger partial charge is 0.506 e. The van der Waals surface area contributed by atoms with Crippen LogP contribution in [0, 0.1) is 11.8 Å². The SMILES string of the molecule is O=C(O)N1C[C@@H]2C(c3ccn(-c4ccc(O)cn4)n3)[C@@H]2C1. The highest BCUT2D eigenvalue weighted by molar-refractivity contribution is 5.66. The average molecular weight is 286 g/mol. The Morgan fingerprint density at radius 3 is 2.62 bits per heavy atom. The van der Waals surface area contributed by atoms with Gasteiger partial charge in [0.15, 0.2) is 5.82 Å². The molecule has 0 aromatic carbocycles. The van der Waals surface area contributed by atoms with E-state index in [2.05, 4.69) is 10.1 Å². The molecule has 1 aliphatic carbocycles. The number of fused-ring (bicyclic) bond motifs is 1. The normalized spacial score (nSPS) is 26.7. The van der Waals surface area contributed by atoms with E-state index in [0.717, 1.165) is 5.69 Å². The fourth-order valence-corrected chi connectivity index (χ4v) is 3.28. The second kappa shape index (κ2) is 4.21. The molecule has 3 heterocycles. The summed E-state index contributed by atoms with van der Waals surface area (Å²) in [6, 6.07) is 5.23. The summed E-state index contributed by atoms with van der Waals surface area (Å²) in [5.41, 5.74) is 0.991. The molecule has 1 saturated heterocycles. The number of aromatic hydroxyl groups is 1. The van der Waals surface area contributed by atoms with Gasteiger partial charge in [-0.2, -0.15) is 5.10 Å². The predicted octanol–water partition coefficient (Wildman–Crippen LogP) is 1.30. The van der Waals surface area contributed by atoms with Gasteiger partial charge < -0.3 is 15.1 Å². The van der Waals surface area contributed by atoms with Gasteiger partial charge in [-0.15, -0.1) is 0 Å². The molecule has 0 radical (unpaired) electrons. The van der Waals surface area contributed by atoms with Gasteiger partial charge in [0, 0.05) is 25.2 Å². The van der Waals surface area contributed by atoms with Crippen LogP contribution in [0.3, 0.4) is 0 Å². The highest BCUT2D eigenvalue weighted by Crippen LogP contribution is 2.57. The summed E-state index contributed by atoms with van der Waals surface area (Å²) < 4.78 is 1.68. The molecule has 2 aromatic heterocycles. The Balaban J connectivity index is 1.50. The molecule has 7 nitrogen and oxygen atoms in total. The summed E-state index contributed by atoms with van der Waals surface area (Å²) in [5, 5.41) is 22.7. The third-order valence-electron chi connectivity index (χ3n) is 4.38. The molecular weight excluding hydrogens is 272 g/mol. The highest BCUT2D eigenvalue weighted by atomic mass is 16.4. The minimum atomic E-state index is -0.834. The number of rotatable bonds is 2. The number of amides is 1. The van der Waals surface area contributed by atoms with Crippen molar-refractivity contribution in [2.75, 3.05) is 13.1 Å². The molecule has 1 saturated carbocycles. The van der Waals surface area contributed by atoms with Crippen molar-refractivity contribution in [1.82, 2.24) is 19.7 Å². The lowest BCUT2D eigenvalue weighted by atomic mass is 10.2. The first kappa shape index (κ1) is 12.2. The molecule has 4 rings (SSSR count). The van der Waals surface area contributed by atoms with Gasteiger partial charge in [-0.1, -0.05) is 0 Å². The number of nitrogens with zero attached hydrogens (tertiary/aromatic N) is 4. The predicted molar refractivity (Wildman–Crippen MR) is 72.3 cm³/mol. The molecule has 0 spiro atoms. The Bertz CT molecular complexity index is 684. The van der Waals surface area contributed by atoms with Gasteiger partial charge in [-0.3, -0.25) is 0 Å². The molecule has 2 N–H and O–H groups in total. The number of piperidine rings is 1. The van der Waals surface area contributed by atoms with E-state index in [1.165, 1.54) is 11.1 Å². The Labute approximate surface area is 120 Å². The Kier molecular flexibility index (Phi) is 2.44. The number of carboxylic acid groups (broad SMARTS) is 1. The maximum atomic E-state index is 10.9. The van der Waals surface area contributed by atoms with E-state index in [-0.39, 0.29) is 5.75 Å². The molecule has 3 atom stereocenters. The number of carbonyl (C=O) groups is 1. The van der Waals surface area contributed by atoms with Gasteiger partial charge in [0.25, 0.3) is 0 Å². The van der Waals surface area contributed by atoms with Crippen molar-refractivity contribution in [3.63, 3.8) is 0 Å². The van der Waals surface area contributed by atoms with Gasteiger partial charge in [-0.25, -0.2) is 14.5 Å². The Hall–Kier alpha value is -2.57. The summed E-state index contributed by atoms with van der Waals surface area (Å²) in [6.45, 7) is 1.21. The third-order valence-corrected chi connectivity index (χ3v) is 4.38. The lowest BCUT2D eigenvalue weighted by Crippen LogP contribution is -2.29. The van der Waals surface area contributed by atoms with Crippen LogP contribution in [-0.4, -0.2) is 49.1 Å². The average Bonchev–Trinajstić information content (AvgIpc) is 2.87. The van der Waals surface area contributed by atoms with Crippen LogP contribution >= 0.6 is 0 Å². The first-order valence-corrected chi connectivity index (χ1v) is 6.82. The van der Waals surface area contributed by atoms with E-state index < -0.39 is 6.09 Å². The van der Waals surface area contributed by atoms with Crippen molar-refractivity contribution < 1.29 is 15.0 Å². The molecule has 1 unspecified atom stereocenters. The van der Waals surface area contributed by atoms with Crippen LogP contribution in [0.15, 0.2) is 30.6 Å². The van der Waals surface area contributed by atoms with Gasteiger partial charge in [-0.05, 0) is 30.0 Å². The number of likely N-dealkylation sites (tertiary alicyclic amines) is 1. The molecule has 7 heteroatoms. The van der Waals surface area contributed by atoms with E-state index in [9.17, 15) is 9.90 Å². The zero-order valence-corrected chi connectivity index (χ0v) is 11.1. The van der Waals surface area contributed by atoms with Crippen LogP contribution in [0.25, 0.3) is 5.82 Å². The first-order valence-electron chi connectivity index (χ1n) is 6.82. The smallest absolute Gasteiger partial charge is 0.407 e. The molecule has 1 aliphatic heterocycles. The van der Waals surface area contributed by atoms with E-state index in [4.69, 9.17) is 5.11 Å². The molecule has 0 bridgehead atoms. The van der Waals surface area contributed by atoms with E-state index in [0.29, 0.717) is 36.7 Å². The maximum Gasteiger partial charge on any atom is 0.407 e. The summed E-state index contributed by atoms with van der Waals surface area (Å²) in [7, 11) is 0.